The van der Waals surface area contributed by atoms with Gasteiger partial charge in [-0.05, 0) is 30.7 Å². The van der Waals surface area contributed by atoms with Crippen LogP contribution >= 0.6 is 0 Å². The van der Waals surface area contributed by atoms with Crippen LogP contribution in [0, 0.1) is 10.1 Å². The van der Waals surface area contributed by atoms with Gasteiger partial charge in [0.2, 0.25) is 0 Å². The van der Waals surface area contributed by atoms with Crippen LogP contribution in [0.15, 0.2) is 71.6 Å². The number of hydrogen-bond acceptors (Lipinski definition) is 7. The molecular weight excluding hydrogens is 386 g/mol. The van der Waals surface area contributed by atoms with Crippen molar-refractivity contribution in [2.75, 3.05) is 6.61 Å². The molecule has 2 aromatic carbocycles. The number of carbonyl (C=O) groups excluding carboxylic acids is 1. The molecule has 8 nitrogen and oxygen atoms in total. The minimum atomic E-state index is -4.21. The molecule has 0 aliphatic heterocycles. The van der Waals surface area contributed by atoms with E-state index in [0.29, 0.717) is 0 Å². The topological polar surface area (TPSA) is 113 Å². The lowest BCUT2D eigenvalue weighted by Gasteiger charge is -2.14. The normalized spacial score (nSPS) is 12.6. The lowest BCUT2D eigenvalue weighted by molar-refractivity contribution is -0.384. The molecule has 0 aliphatic carbocycles. The number of nitrogens with zero attached hydrogens (tertiary/aromatic N) is 1. The molecule has 0 amide bonds. The van der Waals surface area contributed by atoms with Crippen molar-refractivity contribution >= 4 is 21.8 Å². The highest BCUT2D eigenvalue weighted by molar-refractivity contribution is 7.86. The van der Waals surface area contributed by atoms with E-state index in [1.807, 2.05) is 6.07 Å². The maximum absolute atomic E-state index is 12.5. The predicted molar refractivity (Wildman–Crippen MR) is 101 cm³/mol. The van der Waals surface area contributed by atoms with Gasteiger partial charge in [0.25, 0.3) is 15.8 Å². The number of carbonyl (C=O) groups is 1. The highest BCUT2D eigenvalue weighted by atomic mass is 32.2. The van der Waals surface area contributed by atoms with Gasteiger partial charge in [0.15, 0.2) is 0 Å². The summed E-state index contributed by atoms with van der Waals surface area (Å²) in [6.45, 7) is 1.84. The molecule has 0 N–H and O–H groups in total. The summed E-state index contributed by atoms with van der Waals surface area (Å²) in [5.74, 6) is -0.614. The Morgan fingerprint density at radius 2 is 1.79 bits per heavy atom. The molecule has 0 saturated heterocycles. The Morgan fingerprint density at radius 3 is 2.36 bits per heavy atom. The van der Waals surface area contributed by atoms with Crippen LogP contribution in [0.2, 0.25) is 0 Å². The first-order valence-corrected chi connectivity index (χ1v) is 9.79. The molecule has 0 bridgehead atoms. The second-order valence-electron chi connectivity index (χ2n) is 5.64. The summed E-state index contributed by atoms with van der Waals surface area (Å²) >= 11 is 0. The van der Waals surface area contributed by atoms with Crippen molar-refractivity contribution < 1.29 is 27.1 Å². The smallest absolute Gasteiger partial charge is 0.330 e. The first-order chi connectivity index (χ1) is 13.3. The van der Waals surface area contributed by atoms with Crippen LogP contribution in [0.3, 0.4) is 0 Å². The maximum atomic E-state index is 12.5. The van der Waals surface area contributed by atoms with Gasteiger partial charge in [-0.25, -0.2) is 4.79 Å². The molecule has 2 rings (SSSR count). The number of ether oxygens (including phenoxy) is 1. The lowest BCUT2D eigenvalue weighted by Crippen LogP contribution is -2.20. The Hall–Kier alpha value is -3.04. The van der Waals surface area contributed by atoms with Gasteiger partial charge >= 0.3 is 5.97 Å². The molecule has 2 aromatic rings. The summed E-state index contributed by atoms with van der Waals surface area (Å²) in [5.41, 5.74) is 0.571. The predicted octanol–water partition coefficient (Wildman–Crippen LogP) is 3.03. The largest absolute Gasteiger partial charge is 0.463 e. The van der Waals surface area contributed by atoms with Gasteiger partial charge < -0.3 is 4.74 Å². The fourth-order valence-electron chi connectivity index (χ4n) is 2.31. The highest BCUT2D eigenvalue weighted by Gasteiger charge is 2.22. The Bertz CT molecular complexity index is 938. The van der Waals surface area contributed by atoms with Gasteiger partial charge in [0, 0.05) is 24.6 Å². The summed E-state index contributed by atoms with van der Waals surface area (Å²) in [6.07, 6.45) is 1.66. The van der Waals surface area contributed by atoms with E-state index in [1.165, 1.54) is 6.08 Å². The maximum Gasteiger partial charge on any atom is 0.330 e. The molecule has 0 saturated carbocycles. The first kappa shape index (κ1) is 21.3. The van der Waals surface area contributed by atoms with Crippen molar-refractivity contribution in [1.29, 1.82) is 0 Å². The van der Waals surface area contributed by atoms with Crippen molar-refractivity contribution in [2.24, 2.45) is 0 Å². The van der Waals surface area contributed by atoms with Crippen molar-refractivity contribution in [3.05, 3.63) is 82.4 Å². The molecule has 1 atom stereocenters. The fraction of sp³-hybridized carbons (Fsp3) is 0.211. The molecule has 0 aliphatic rings. The van der Waals surface area contributed by atoms with Crippen molar-refractivity contribution in [2.45, 2.75) is 24.3 Å². The van der Waals surface area contributed by atoms with Crippen LogP contribution in [0.5, 0.6) is 0 Å². The Labute approximate surface area is 162 Å². The molecule has 0 radical (unpaired) electrons. The monoisotopic (exact) mass is 405 g/mol. The van der Waals surface area contributed by atoms with Crippen LogP contribution in [0.4, 0.5) is 5.69 Å². The average molecular weight is 405 g/mol. The van der Waals surface area contributed by atoms with Crippen LogP contribution in [0.1, 0.15) is 12.5 Å². The summed E-state index contributed by atoms with van der Waals surface area (Å²) < 4.78 is 35.1. The second-order valence-corrected chi connectivity index (χ2v) is 7.21. The number of benzene rings is 2. The van der Waals surface area contributed by atoms with E-state index in [1.54, 1.807) is 31.2 Å². The van der Waals surface area contributed by atoms with Crippen LogP contribution in [0.25, 0.3) is 0 Å². The molecule has 9 heteroatoms. The quantitative estimate of drug-likeness (QED) is 0.207. The third-order valence-corrected chi connectivity index (χ3v) is 4.95. The zero-order valence-electron chi connectivity index (χ0n) is 15.1. The number of non-ortho nitro benzene ring substituents is 1. The van der Waals surface area contributed by atoms with Gasteiger partial charge in [-0.15, -0.1) is 0 Å². The van der Waals surface area contributed by atoms with E-state index in [0.717, 1.165) is 35.9 Å². The van der Waals surface area contributed by atoms with Gasteiger partial charge in [0.05, 0.1) is 16.4 Å². The number of nitro groups is 1. The number of esters is 1. The second kappa shape index (κ2) is 9.77. The van der Waals surface area contributed by atoms with Gasteiger partial charge in [-0.2, -0.15) is 8.42 Å². The lowest BCUT2D eigenvalue weighted by atomic mass is 10.1. The van der Waals surface area contributed by atoms with Crippen molar-refractivity contribution in [3.8, 4) is 0 Å². The summed E-state index contributed by atoms with van der Waals surface area (Å²) in [6, 6.07) is 13.4. The molecule has 0 aromatic heterocycles. The minimum absolute atomic E-state index is 0.189. The molecule has 0 spiro atoms. The molecule has 0 fully saturated rings. The van der Waals surface area contributed by atoms with Crippen LogP contribution in [-0.4, -0.2) is 32.0 Å². The Balaban J connectivity index is 2.23. The number of nitro benzene ring substituents is 1. The van der Waals surface area contributed by atoms with Gasteiger partial charge in [-0.1, -0.05) is 30.3 Å². The van der Waals surface area contributed by atoms with E-state index in [2.05, 4.69) is 0 Å². The SMILES string of the molecule is CCOC(=O)/C=C/C(Cc1ccccc1)OS(=O)(=O)c1ccc([N+](=O)[O-])cc1. The van der Waals surface area contributed by atoms with Crippen LogP contribution in [-0.2, 0) is 30.3 Å². The van der Waals surface area contributed by atoms with Crippen molar-refractivity contribution in [3.63, 3.8) is 0 Å². The van der Waals surface area contributed by atoms with Gasteiger partial charge in [-0.3, -0.25) is 14.3 Å². The van der Waals surface area contributed by atoms with E-state index in [9.17, 15) is 23.3 Å². The molecule has 0 heterocycles. The van der Waals surface area contributed by atoms with Crippen LogP contribution < -0.4 is 0 Å². The third-order valence-electron chi connectivity index (χ3n) is 3.60. The summed E-state index contributed by atoms with van der Waals surface area (Å²) in [7, 11) is -4.21. The van der Waals surface area contributed by atoms with E-state index in [-0.39, 0.29) is 23.6 Å². The Morgan fingerprint density at radius 1 is 1.14 bits per heavy atom. The third kappa shape index (κ3) is 6.29. The molecule has 28 heavy (non-hydrogen) atoms. The number of rotatable bonds is 9. The molecule has 1 unspecified atom stereocenters. The highest BCUT2D eigenvalue weighted by Crippen LogP contribution is 2.20. The molecule has 148 valence electrons. The average Bonchev–Trinajstić information content (AvgIpc) is 2.67. The minimum Gasteiger partial charge on any atom is -0.463 e. The molecular formula is C19H19NO7S. The summed E-state index contributed by atoms with van der Waals surface area (Å²) in [5, 5.41) is 10.7. The standard InChI is InChI=1S/C19H19NO7S/c1-2-26-19(21)13-10-17(14-15-6-4-3-5-7-15)27-28(24,25)18-11-8-16(9-12-18)20(22)23/h3-13,17H,2,14H2,1H3/b13-10+. The van der Waals surface area contributed by atoms with E-state index >= 15 is 0 Å². The number of hydrogen-bond donors (Lipinski definition) is 0. The summed E-state index contributed by atoms with van der Waals surface area (Å²) in [4.78, 5) is 21.4. The van der Waals surface area contributed by atoms with E-state index in [4.69, 9.17) is 8.92 Å². The van der Waals surface area contributed by atoms with Gasteiger partial charge in [0.1, 0.15) is 6.10 Å². The fourth-order valence-corrected chi connectivity index (χ4v) is 3.35. The van der Waals surface area contributed by atoms with E-state index < -0.39 is 27.1 Å². The zero-order valence-corrected chi connectivity index (χ0v) is 15.9. The van der Waals surface area contributed by atoms with Crippen molar-refractivity contribution in [1.82, 2.24) is 0 Å². The first-order valence-electron chi connectivity index (χ1n) is 8.38. The Kier molecular flexibility index (Phi) is 7.42. The zero-order chi connectivity index (χ0) is 20.6.